The number of aromatic nitrogens is 1. The van der Waals surface area contributed by atoms with E-state index in [9.17, 15) is 4.79 Å². The third kappa shape index (κ3) is 2.05. The Balaban J connectivity index is 1.96. The number of aromatic carboxylic acids is 1. The lowest BCUT2D eigenvalue weighted by Crippen LogP contribution is -2.19. The Labute approximate surface area is 110 Å². The molecule has 2 heterocycles. The normalized spacial score (nSPS) is 23.2. The third-order valence-electron chi connectivity index (χ3n) is 3.88. The molecule has 19 heavy (non-hydrogen) atoms. The molecule has 1 saturated heterocycles. The van der Waals surface area contributed by atoms with Crippen LogP contribution >= 0.6 is 0 Å². The van der Waals surface area contributed by atoms with E-state index in [1.54, 1.807) is 12.1 Å². The number of carboxylic acids is 1. The van der Waals surface area contributed by atoms with Crippen LogP contribution in [0.5, 0.6) is 0 Å². The molecule has 5 nitrogen and oxygen atoms in total. The van der Waals surface area contributed by atoms with E-state index < -0.39 is 5.97 Å². The average molecular weight is 260 g/mol. The van der Waals surface area contributed by atoms with Gasteiger partial charge < -0.3 is 14.4 Å². The van der Waals surface area contributed by atoms with Gasteiger partial charge in [0, 0.05) is 13.1 Å². The van der Waals surface area contributed by atoms with Crippen LogP contribution in [0.15, 0.2) is 22.6 Å². The average Bonchev–Trinajstić information content (AvgIpc) is 2.92. The fourth-order valence-corrected chi connectivity index (χ4v) is 2.47. The highest BCUT2D eigenvalue weighted by molar-refractivity contribution is 5.92. The summed E-state index contributed by atoms with van der Waals surface area (Å²) in [4.78, 5) is 17.5. The van der Waals surface area contributed by atoms with Crippen molar-refractivity contribution in [3.63, 3.8) is 0 Å². The van der Waals surface area contributed by atoms with Crippen LogP contribution in [-0.2, 0) is 0 Å². The molecule has 0 saturated carbocycles. The first kappa shape index (κ1) is 12.0. The molecule has 5 heteroatoms. The molecule has 0 bridgehead atoms. The fraction of sp³-hybridized carbons (Fsp3) is 0.429. The fourth-order valence-electron chi connectivity index (χ4n) is 2.47. The van der Waals surface area contributed by atoms with Crippen molar-refractivity contribution < 1.29 is 14.3 Å². The van der Waals surface area contributed by atoms with Gasteiger partial charge in [-0.3, -0.25) is 0 Å². The smallest absolute Gasteiger partial charge is 0.335 e. The zero-order valence-electron chi connectivity index (χ0n) is 11.0. The van der Waals surface area contributed by atoms with Crippen molar-refractivity contribution in [2.75, 3.05) is 18.0 Å². The van der Waals surface area contributed by atoms with Gasteiger partial charge in [-0.2, -0.15) is 4.98 Å². The molecular weight excluding hydrogens is 244 g/mol. The maximum absolute atomic E-state index is 10.9. The lowest BCUT2D eigenvalue weighted by Gasteiger charge is -2.11. The summed E-state index contributed by atoms with van der Waals surface area (Å²) in [5.74, 6) is 0.275. The second-order valence-electron chi connectivity index (χ2n) is 5.34. The molecule has 2 aromatic rings. The Morgan fingerprint density at radius 1 is 1.37 bits per heavy atom. The highest BCUT2D eigenvalue weighted by Crippen LogP contribution is 2.29. The van der Waals surface area contributed by atoms with Crippen LogP contribution in [0.25, 0.3) is 11.1 Å². The van der Waals surface area contributed by atoms with E-state index in [0.29, 0.717) is 29.0 Å². The Morgan fingerprint density at radius 2 is 2.05 bits per heavy atom. The molecule has 1 aromatic heterocycles. The number of hydrogen-bond acceptors (Lipinski definition) is 4. The maximum atomic E-state index is 10.9. The first-order chi connectivity index (χ1) is 9.04. The molecule has 1 fully saturated rings. The Morgan fingerprint density at radius 3 is 2.68 bits per heavy atom. The van der Waals surface area contributed by atoms with Gasteiger partial charge in [0.2, 0.25) is 0 Å². The number of fused-ring (bicyclic) bond motifs is 1. The van der Waals surface area contributed by atoms with Crippen molar-refractivity contribution in [2.45, 2.75) is 13.8 Å². The first-order valence-corrected chi connectivity index (χ1v) is 6.43. The number of nitrogens with zero attached hydrogens (tertiary/aromatic N) is 2. The van der Waals surface area contributed by atoms with Gasteiger partial charge in [-0.05, 0) is 30.0 Å². The van der Waals surface area contributed by atoms with Crippen LogP contribution in [0.1, 0.15) is 24.2 Å². The first-order valence-electron chi connectivity index (χ1n) is 6.43. The summed E-state index contributed by atoms with van der Waals surface area (Å²) in [6, 6.07) is 5.35. The molecule has 1 aromatic carbocycles. The van der Waals surface area contributed by atoms with Gasteiger partial charge in [0.1, 0.15) is 5.52 Å². The lowest BCUT2D eigenvalue weighted by molar-refractivity contribution is 0.0697. The Hall–Kier alpha value is -2.04. The van der Waals surface area contributed by atoms with Crippen molar-refractivity contribution in [3.8, 4) is 0 Å². The second-order valence-corrected chi connectivity index (χ2v) is 5.34. The van der Waals surface area contributed by atoms with E-state index in [0.717, 1.165) is 13.1 Å². The van der Waals surface area contributed by atoms with Gasteiger partial charge >= 0.3 is 5.97 Å². The van der Waals surface area contributed by atoms with Crippen molar-refractivity contribution in [1.82, 2.24) is 4.98 Å². The quantitative estimate of drug-likeness (QED) is 0.899. The minimum Gasteiger partial charge on any atom is -0.478 e. The van der Waals surface area contributed by atoms with Crippen molar-refractivity contribution in [3.05, 3.63) is 23.8 Å². The number of carbonyl (C=O) groups is 1. The van der Waals surface area contributed by atoms with Crippen LogP contribution in [0.3, 0.4) is 0 Å². The van der Waals surface area contributed by atoms with E-state index >= 15 is 0 Å². The molecule has 1 aliphatic heterocycles. The van der Waals surface area contributed by atoms with E-state index in [4.69, 9.17) is 9.52 Å². The van der Waals surface area contributed by atoms with Gasteiger partial charge in [-0.1, -0.05) is 13.8 Å². The molecule has 0 aliphatic carbocycles. The molecule has 1 aliphatic rings. The van der Waals surface area contributed by atoms with E-state index in [1.807, 2.05) is 0 Å². The predicted octanol–water partition coefficient (Wildman–Crippen LogP) is 2.62. The summed E-state index contributed by atoms with van der Waals surface area (Å²) in [5, 5.41) is 8.96. The Kier molecular flexibility index (Phi) is 2.69. The monoisotopic (exact) mass is 260 g/mol. The lowest BCUT2D eigenvalue weighted by atomic mass is 10.0. The van der Waals surface area contributed by atoms with Gasteiger partial charge in [0.15, 0.2) is 5.58 Å². The number of anilines is 1. The molecule has 2 atom stereocenters. The topological polar surface area (TPSA) is 66.6 Å². The summed E-state index contributed by atoms with van der Waals surface area (Å²) in [6.45, 7) is 6.30. The van der Waals surface area contributed by atoms with Crippen LogP contribution in [0.4, 0.5) is 6.01 Å². The van der Waals surface area contributed by atoms with Crippen LogP contribution in [0, 0.1) is 11.8 Å². The van der Waals surface area contributed by atoms with Gasteiger partial charge in [-0.25, -0.2) is 4.79 Å². The minimum atomic E-state index is -0.955. The Bertz CT molecular complexity index is 625. The van der Waals surface area contributed by atoms with E-state index in [2.05, 4.69) is 23.7 Å². The zero-order valence-corrected chi connectivity index (χ0v) is 11.0. The summed E-state index contributed by atoms with van der Waals surface area (Å²) in [6.07, 6.45) is 0. The van der Waals surface area contributed by atoms with E-state index in [-0.39, 0.29) is 5.56 Å². The van der Waals surface area contributed by atoms with Crippen LogP contribution < -0.4 is 4.90 Å². The summed E-state index contributed by atoms with van der Waals surface area (Å²) in [7, 11) is 0. The highest BCUT2D eigenvalue weighted by Gasteiger charge is 2.29. The maximum Gasteiger partial charge on any atom is 0.335 e. The molecule has 3 rings (SSSR count). The minimum absolute atomic E-state index is 0.221. The van der Waals surface area contributed by atoms with Crippen molar-refractivity contribution in [2.24, 2.45) is 11.8 Å². The van der Waals surface area contributed by atoms with Crippen LogP contribution in [0.2, 0.25) is 0 Å². The highest BCUT2D eigenvalue weighted by atomic mass is 16.4. The summed E-state index contributed by atoms with van der Waals surface area (Å²) in [5.41, 5.74) is 1.45. The van der Waals surface area contributed by atoms with Gasteiger partial charge in [-0.15, -0.1) is 0 Å². The molecule has 2 unspecified atom stereocenters. The largest absolute Gasteiger partial charge is 0.478 e. The van der Waals surface area contributed by atoms with E-state index in [1.165, 1.54) is 6.07 Å². The number of carboxylic acid groups (broad SMARTS) is 1. The third-order valence-corrected chi connectivity index (χ3v) is 3.88. The molecule has 1 N–H and O–H groups in total. The zero-order chi connectivity index (χ0) is 13.6. The molecule has 0 radical (unpaired) electrons. The number of rotatable bonds is 2. The van der Waals surface area contributed by atoms with Gasteiger partial charge in [0.05, 0.1) is 5.56 Å². The number of oxazole rings is 1. The summed E-state index contributed by atoms with van der Waals surface area (Å²) < 4.78 is 5.69. The SMILES string of the molecule is CC1CN(c2nc3ccc(C(=O)O)cc3o2)CC1C. The molecule has 100 valence electrons. The molecular formula is C14H16N2O3. The molecule has 0 spiro atoms. The number of benzene rings is 1. The van der Waals surface area contributed by atoms with Crippen molar-refractivity contribution >= 4 is 23.1 Å². The van der Waals surface area contributed by atoms with Crippen molar-refractivity contribution in [1.29, 1.82) is 0 Å². The standard InChI is InChI=1S/C14H16N2O3/c1-8-6-16(7-9(8)2)14-15-11-4-3-10(13(17)18)5-12(11)19-14/h3-5,8-9H,6-7H2,1-2H3,(H,17,18). The van der Waals surface area contributed by atoms with Gasteiger partial charge in [0.25, 0.3) is 6.01 Å². The van der Waals surface area contributed by atoms with Crippen LogP contribution in [-0.4, -0.2) is 29.1 Å². The predicted molar refractivity (Wildman–Crippen MR) is 71.5 cm³/mol. The second kappa shape index (κ2) is 4.26. The summed E-state index contributed by atoms with van der Waals surface area (Å²) >= 11 is 0. The molecule has 0 amide bonds. The number of hydrogen-bond donors (Lipinski definition) is 1.